The molecule has 1 N–H and O–H groups in total. The van der Waals surface area contributed by atoms with Crippen LogP contribution in [-0.4, -0.2) is 34.6 Å². The van der Waals surface area contributed by atoms with E-state index >= 15 is 0 Å². The second kappa shape index (κ2) is 6.24. The third-order valence-electron chi connectivity index (χ3n) is 2.49. The Bertz CT molecular complexity index is 216. The van der Waals surface area contributed by atoms with Crippen LogP contribution in [0.1, 0.15) is 54.4 Å². The lowest BCUT2D eigenvalue weighted by Crippen LogP contribution is -2.41. The second-order valence-electron chi connectivity index (χ2n) is 6.05. The molecule has 3 heteroatoms. The van der Waals surface area contributed by atoms with Gasteiger partial charge in [-0.05, 0) is 32.6 Å². The lowest BCUT2D eigenvalue weighted by Gasteiger charge is -2.29. The van der Waals surface area contributed by atoms with Gasteiger partial charge in [0.05, 0.1) is 6.10 Å². The van der Waals surface area contributed by atoms with Gasteiger partial charge in [0.2, 0.25) is 5.91 Å². The number of rotatable bonds is 5. The molecule has 0 aromatic carbocycles. The minimum Gasteiger partial charge on any atom is -0.392 e. The minimum atomic E-state index is -0.457. The number of carbonyl (C=O) groups excluding carboxylic acids is 1. The molecule has 1 atom stereocenters. The van der Waals surface area contributed by atoms with Crippen molar-refractivity contribution in [2.75, 3.05) is 6.54 Å². The van der Waals surface area contributed by atoms with Crippen LogP contribution in [0.25, 0.3) is 0 Å². The Morgan fingerprint density at radius 1 is 1.25 bits per heavy atom. The van der Waals surface area contributed by atoms with Gasteiger partial charge in [0, 0.05) is 19.0 Å². The van der Waals surface area contributed by atoms with Gasteiger partial charge in [0.1, 0.15) is 0 Å². The van der Waals surface area contributed by atoms with E-state index in [0.29, 0.717) is 13.0 Å². The molecule has 0 aliphatic rings. The lowest BCUT2D eigenvalue weighted by atomic mass is 9.90. The average molecular weight is 229 g/mol. The van der Waals surface area contributed by atoms with Crippen LogP contribution in [0, 0.1) is 5.41 Å². The third-order valence-corrected chi connectivity index (χ3v) is 2.49. The summed E-state index contributed by atoms with van der Waals surface area (Å²) in [6.45, 7) is 12.5. The SMILES string of the molecule is CC(O)CN(C(=O)CCC(C)(C)C)C(C)C. The predicted octanol–water partition coefficient (Wildman–Crippen LogP) is 2.43. The normalized spacial score (nSPS) is 14.0. The summed E-state index contributed by atoms with van der Waals surface area (Å²) in [5.41, 5.74) is 0.184. The van der Waals surface area contributed by atoms with Gasteiger partial charge < -0.3 is 10.0 Å². The van der Waals surface area contributed by atoms with E-state index in [0.717, 1.165) is 6.42 Å². The summed E-state index contributed by atoms with van der Waals surface area (Å²) in [6.07, 6.45) is 0.990. The van der Waals surface area contributed by atoms with Crippen LogP contribution >= 0.6 is 0 Å². The van der Waals surface area contributed by atoms with Crippen molar-refractivity contribution in [1.29, 1.82) is 0 Å². The maximum absolute atomic E-state index is 12.0. The van der Waals surface area contributed by atoms with Crippen LogP contribution in [-0.2, 0) is 4.79 Å². The van der Waals surface area contributed by atoms with Crippen LogP contribution in [0.3, 0.4) is 0 Å². The van der Waals surface area contributed by atoms with Crippen LogP contribution in [0.5, 0.6) is 0 Å². The molecule has 0 aromatic heterocycles. The Morgan fingerprint density at radius 2 is 1.75 bits per heavy atom. The minimum absolute atomic E-state index is 0.144. The number of amides is 1. The smallest absolute Gasteiger partial charge is 0.222 e. The largest absolute Gasteiger partial charge is 0.392 e. The topological polar surface area (TPSA) is 40.5 Å². The van der Waals surface area contributed by atoms with Crippen LogP contribution in [0.15, 0.2) is 0 Å². The molecule has 0 saturated carbocycles. The van der Waals surface area contributed by atoms with E-state index in [1.165, 1.54) is 0 Å². The number of carbonyl (C=O) groups is 1. The molecule has 0 radical (unpaired) electrons. The van der Waals surface area contributed by atoms with Crippen molar-refractivity contribution in [3.8, 4) is 0 Å². The Labute approximate surface area is 99.8 Å². The van der Waals surface area contributed by atoms with E-state index in [1.54, 1.807) is 11.8 Å². The maximum Gasteiger partial charge on any atom is 0.222 e. The molecule has 0 heterocycles. The summed E-state index contributed by atoms with van der Waals surface area (Å²) >= 11 is 0. The molecule has 96 valence electrons. The molecule has 0 spiro atoms. The Balaban J connectivity index is 4.29. The number of nitrogens with zero attached hydrogens (tertiary/aromatic N) is 1. The van der Waals surface area contributed by atoms with Crippen LogP contribution in [0.4, 0.5) is 0 Å². The Kier molecular flexibility index (Phi) is 6.01. The Morgan fingerprint density at radius 3 is 2.06 bits per heavy atom. The molecule has 0 fully saturated rings. The van der Waals surface area contributed by atoms with Crippen molar-refractivity contribution in [3.05, 3.63) is 0 Å². The first-order chi connectivity index (χ1) is 7.13. The molecular weight excluding hydrogens is 202 g/mol. The highest BCUT2D eigenvalue weighted by atomic mass is 16.3. The van der Waals surface area contributed by atoms with Crippen LogP contribution < -0.4 is 0 Å². The quantitative estimate of drug-likeness (QED) is 0.786. The summed E-state index contributed by atoms with van der Waals surface area (Å²) in [7, 11) is 0. The van der Waals surface area contributed by atoms with Crippen molar-refractivity contribution >= 4 is 5.91 Å². The van der Waals surface area contributed by atoms with Crippen molar-refractivity contribution in [1.82, 2.24) is 4.90 Å². The van der Waals surface area contributed by atoms with Crippen molar-refractivity contribution in [2.24, 2.45) is 5.41 Å². The van der Waals surface area contributed by atoms with Crippen molar-refractivity contribution in [3.63, 3.8) is 0 Å². The first-order valence-electron chi connectivity index (χ1n) is 6.11. The molecule has 1 unspecified atom stereocenters. The van der Waals surface area contributed by atoms with Crippen molar-refractivity contribution in [2.45, 2.75) is 66.5 Å². The molecule has 0 aromatic rings. The number of hydrogen-bond donors (Lipinski definition) is 1. The monoisotopic (exact) mass is 229 g/mol. The molecule has 0 saturated heterocycles. The van der Waals surface area contributed by atoms with Gasteiger partial charge in [-0.3, -0.25) is 4.79 Å². The van der Waals surface area contributed by atoms with E-state index in [2.05, 4.69) is 20.8 Å². The van der Waals surface area contributed by atoms with Gasteiger partial charge in [-0.2, -0.15) is 0 Å². The van der Waals surface area contributed by atoms with Gasteiger partial charge >= 0.3 is 0 Å². The molecule has 1 amide bonds. The van der Waals surface area contributed by atoms with E-state index in [-0.39, 0.29) is 17.4 Å². The molecule has 16 heavy (non-hydrogen) atoms. The zero-order valence-corrected chi connectivity index (χ0v) is 11.6. The maximum atomic E-state index is 12.0. The summed E-state index contributed by atoms with van der Waals surface area (Å²) in [5, 5.41) is 9.35. The highest BCUT2D eigenvalue weighted by Crippen LogP contribution is 2.21. The van der Waals surface area contributed by atoms with Crippen molar-refractivity contribution < 1.29 is 9.90 Å². The first kappa shape index (κ1) is 15.4. The fraction of sp³-hybridized carbons (Fsp3) is 0.923. The molecule has 3 nitrogen and oxygen atoms in total. The van der Waals surface area contributed by atoms with E-state index in [1.807, 2.05) is 13.8 Å². The fourth-order valence-electron chi connectivity index (χ4n) is 1.51. The van der Waals surface area contributed by atoms with Gasteiger partial charge in [-0.1, -0.05) is 20.8 Å². The van der Waals surface area contributed by atoms with Gasteiger partial charge in [-0.15, -0.1) is 0 Å². The highest BCUT2D eigenvalue weighted by Gasteiger charge is 2.20. The first-order valence-corrected chi connectivity index (χ1v) is 6.11. The number of aliphatic hydroxyl groups excluding tert-OH is 1. The summed E-state index contributed by atoms with van der Waals surface area (Å²) in [4.78, 5) is 13.7. The fourth-order valence-corrected chi connectivity index (χ4v) is 1.51. The lowest BCUT2D eigenvalue weighted by molar-refractivity contribution is -0.134. The molecule has 0 aliphatic carbocycles. The number of hydrogen-bond acceptors (Lipinski definition) is 2. The summed E-state index contributed by atoms with van der Waals surface area (Å²) < 4.78 is 0. The van der Waals surface area contributed by atoms with E-state index in [4.69, 9.17) is 0 Å². The summed E-state index contributed by atoms with van der Waals surface area (Å²) in [6, 6.07) is 0.155. The van der Waals surface area contributed by atoms with E-state index in [9.17, 15) is 9.90 Å². The van der Waals surface area contributed by atoms with Crippen LogP contribution in [0.2, 0.25) is 0 Å². The molecule has 0 bridgehead atoms. The average Bonchev–Trinajstić information content (AvgIpc) is 2.08. The third kappa shape index (κ3) is 6.83. The molecule has 0 rings (SSSR count). The Hall–Kier alpha value is -0.570. The zero-order chi connectivity index (χ0) is 12.9. The highest BCUT2D eigenvalue weighted by molar-refractivity contribution is 5.76. The van der Waals surface area contributed by atoms with Gasteiger partial charge in [0.25, 0.3) is 0 Å². The van der Waals surface area contributed by atoms with E-state index < -0.39 is 6.10 Å². The number of aliphatic hydroxyl groups is 1. The standard InChI is InChI=1S/C13H27NO2/c1-10(2)14(9-11(3)15)12(16)7-8-13(4,5)6/h10-11,15H,7-9H2,1-6H3. The predicted molar refractivity (Wildman–Crippen MR) is 67.2 cm³/mol. The second-order valence-corrected chi connectivity index (χ2v) is 6.05. The van der Waals surface area contributed by atoms with Gasteiger partial charge in [0.15, 0.2) is 0 Å². The molecule has 0 aliphatic heterocycles. The van der Waals surface area contributed by atoms with Gasteiger partial charge in [-0.25, -0.2) is 0 Å². The zero-order valence-electron chi connectivity index (χ0n) is 11.6. The molecular formula is C13H27NO2. The summed E-state index contributed by atoms with van der Waals surface area (Å²) in [5.74, 6) is 0.144.